The number of nitrogens with one attached hydrogen (secondary N) is 1. The highest BCUT2D eigenvalue weighted by Crippen LogP contribution is 2.24. The molecule has 2 aromatic rings. The second kappa shape index (κ2) is 9.11. The largest absolute Gasteiger partial charge is 0.481 e. The molecule has 0 aliphatic carbocycles. The molecule has 2 rings (SSSR count). The van der Waals surface area contributed by atoms with Crippen LogP contribution in [0, 0.1) is 5.92 Å². The number of alkyl carbamates (subject to hydrolysis) is 1. The van der Waals surface area contributed by atoms with Gasteiger partial charge in [-0.25, -0.2) is 4.79 Å². The van der Waals surface area contributed by atoms with Gasteiger partial charge in [0.05, 0.1) is 5.92 Å². The molecule has 1 amide bonds. The van der Waals surface area contributed by atoms with E-state index in [0.717, 1.165) is 16.7 Å². The predicted octanol–water partition coefficient (Wildman–Crippen LogP) is 5.16. The van der Waals surface area contributed by atoms with Crippen LogP contribution in [0.2, 0.25) is 5.02 Å². The van der Waals surface area contributed by atoms with Crippen molar-refractivity contribution >= 4 is 23.7 Å². The lowest BCUT2D eigenvalue weighted by molar-refractivity contribution is -0.142. The summed E-state index contributed by atoms with van der Waals surface area (Å²) in [5.74, 6) is -1.74. The zero-order valence-electron chi connectivity index (χ0n) is 16.5. The fourth-order valence-corrected chi connectivity index (χ4v) is 2.93. The molecule has 0 radical (unpaired) electrons. The minimum Gasteiger partial charge on any atom is -0.481 e. The summed E-state index contributed by atoms with van der Waals surface area (Å²) in [5, 5.41) is 12.8. The van der Waals surface area contributed by atoms with Crippen molar-refractivity contribution in [2.75, 3.05) is 0 Å². The van der Waals surface area contributed by atoms with Gasteiger partial charge in [0.15, 0.2) is 0 Å². The van der Waals surface area contributed by atoms with E-state index in [2.05, 4.69) is 5.32 Å². The van der Waals surface area contributed by atoms with Crippen LogP contribution in [0.3, 0.4) is 0 Å². The highest BCUT2D eigenvalue weighted by molar-refractivity contribution is 6.30. The molecule has 2 atom stereocenters. The Kier molecular flexibility index (Phi) is 7.08. The zero-order chi connectivity index (χ0) is 20.9. The Labute approximate surface area is 170 Å². The standard InChI is InChI=1S/C22H26ClNO4/c1-14(20(25)26)19(24-21(27)28-22(2,3)4)12-15-8-10-16(11-9-15)17-6-5-7-18(23)13-17/h5-11,13-14,19H,12H2,1-4H3,(H,24,27)(H,25,26)/t14-,19?/m1/s1. The SMILES string of the molecule is C[C@@H](C(=O)O)C(Cc1ccc(-c2cccc(Cl)c2)cc1)NC(=O)OC(C)(C)C. The van der Waals surface area contributed by atoms with Crippen LogP contribution in [-0.2, 0) is 16.0 Å². The fourth-order valence-electron chi connectivity index (χ4n) is 2.74. The molecule has 0 aromatic heterocycles. The number of hydrogen-bond donors (Lipinski definition) is 2. The summed E-state index contributed by atoms with van der Waals surface area (Å²) in [6, 6.07) is 14.7. The van der Waals surface area contributed by atoms with Crippen LogP contribution in [0.1, 0.15) is 33.3 Å². The number of carbonyl (C=O) groups is 2. The van der Waals surface area contributed by atoms with Crippen LogP contribution in [-0.4, -0.2) is 28.8 Å². The van der Waals surface area contributed by atoms with Gasteiger partial charge in [-0.2, -0.15) is 0 Å². The molecule has 0 saturated heterocycles. The number of amides is 1. The third kappa shape index (κ3) is 6.57. The third-order valence-electron chi connectivity index (χ3n) is 4.26. The number of benzene rings is 2. The number of carboxylic acid groups (broad SMARTS) is 1. The van der Waals surface area contributed by atoms with Gasteiger partial charge in [-0.1, -0.05) is 48.0 Å². The maximum Gasteiger partial charge on any atom is 0.407 e. The van der Waals surface area contributed by atoms with Crippen molar-refractivity contribution < 1.29 is 19.4 Å². The quantitative estimate of drug-likeness (QED) is 0.698. The molecular formula is C22H26ClNO4. The van der Waals surface area contributed by atoms with E-state index in [1.54, 1.807) is 27.7 Å². The Morgan fingerprint density at radius 3 is 2.29 bits per heavy atom. The van der Waals surface area contributed by atoms with Gasteiger partial charge < -0.3 is 15.2 Å². The van der Waals surface area contributed by atoms with Crippen molar-refractivity contribution in [3.63, 3.8) is 0 Å². The van der Waals surface area contributed by atoms with Crippen LogP contribution >= 0.6 is 11.6 Å². The van der Waals surface area contributed by atoms with Gasteiger partial charge in [0.2, 0.25) is 0 Å². The summed E-state index contributed by atoms with van der Waals surface area (Å²) in [6.45, 7) is 6.86. The number of hydrogen-bond acceptors (Lipinski definition) is 3. The Bertz CT molecular complexity index is 827. The molecule has 0 bridgehead atoms. The van der Waals surface area contributed by atoms with Crippen LogP contribution in [0.15, 0.2) is 48.5 Å². The normalized spacial score (nSPS) is 13.5. The lowest BCUT2D eigenvalue weighted by Crippen LogP contribution is -2.45. The van der Waals surface area contributed by atoms with Gasteiger partial charge in [0.1, 0.15) is 5.60 Å². The number of carboxylic acids is 1. The van der Waals surface area contributed by atoms with Crippen molar-refractivity contribution in [2.45, 2.75) is 45.8 Å². The summed E-state index contributed by atoms with van der Waals surface area (Å²) in [6.07, 6.45) is -0.246. The Hall–Kier alpha value is -2.53. The van der Waals surface area contributed by atoms with Crippen LogP contribution < -0.4 is 5.32 Å². The van der Waals surface area contributed by atoms with Crippen LogP contribution in [0.5, 0.6) is 0 Å². The first-order valence-corrected chi connectivity index (χ1v) is 9.50. The van der Waals surface area contributed by atoms with Crippen molar-refractivity contribution in [3.8, 4) is 11.1 Å². The van der Waals surface area contributed by atoms with Crippen molar-refractivity contribution in [1.82, 2.24) is 5.32 Å². The molecule has 0 spiro atoms. The second-order valence-electron chi connectivity index (χ2n) is 7.79. The van der Waals surface area contributed by atoms with Gasteiger partial charge in [0.25, 0.3) is 0 Å². The van der Waals surface area contributed by atoms with E-state index in [0.29, 0.717) is 11.4 Å². The Morgan fingerprint density at radius 1 is 1.11 bits per heavy atom. The average molecular weight is 404 g/mol. The summed E-state index contributed by atoms with van der Waals surface area (Å²) < 4.78 is 5.27. The molecule has 2 N–H and O–H groups in total. The van der Waals surface area contributed by atoms with Gasteiger partial charge in [-0.3, -0.25) is 4.79 Å². The van der Waals surface area contributed by atoms with E-state index in [9.17, 15) is 14.7 Å². The smallest absolute Gasteiger partial charge is 0.407 e. The second-order valence-corrected chi connectivity index (χ2v) is 8.23. The molecule has 150 valence electrons. The number of aliphatic carboxylic acids is 1. The van der Waals surface area contributed by atoms with E-state index in [1.165, 1.54) is 0 Å². The maximum absolute atomic E-state index is 12.1. The topological polar surface area (TPSA) is 75.6 Å². The lowest BCUT2D eigenvalue weighted by Gasteiger charge is -2.26. The summed E-state index contributed by atoms with van der Waals surface area (Å²) in [4.78, 5) is 23.6. The first-order valence-electron chi connectivity index (χ1n) is 9.12. The van der Waals surface area contributed by atoms with E-state index < -0.39 is 29.6 Å². The number of halogens is 1. The highest BCUT2D eigenvalue weighted by Gasteiger charge is 2.27. The monoisotopic (exact) mass is 403 g/mol. The molecular weight excluding hydrogens is 378 g/mol. The first-order chi connectivity index (χ1) is 13.0. The molecule has 5 nitrogen and oxygen atoms in total. The zero-order valence-corrected chi connectivity index (χ0v) is 17.3. The predicted molar refractivity (Wildman–Crippen MR) is 111 cm³/mol. The maximum atomic E-state index is 12.1. The van der Waals surface area contributed by atoms with E-state index in [4.69, 9.17) is 16.3 Å². The molecule has 0 saturated carbocycles. The minimum absolute atomic E-state index is 0.378. The van der Waals surface area contributed by atoms with Gasteiger partial charge in [-0.15, -0.1) is 0 Å². The summed E-state index contributed by atoms with van der Waals surface area (Å²) >= 11 is 6.05. The van der Waals surface area contributed by atoms with Crippen LogP contribution in [0.25, 0.3) is 11.1 Å². The molecule has 0 aliphatic rings. The first kappa shape index (κ1) is 21.8. The molecule has 0 aliphatic heterocycles. The Balaban J connectivity index is 2.14. The fraction of sp³-hybridized carbons (Fsp3) is 0.364. The van der Waals surface area contributed by atoms with Crippen molar-refractivity contribution in [2.24, 2.45) is 5.92 Å². The van der Waals surface area contributed by atoms with Crippen molar-refractivity contribution in [1.29, 1.82) is 0 Å². The molecule has 0 heterocycles. The van der Waals surface area contributed by atoms with E-state index in [-0.39, 0.29) is 0 Å². The van der Waals surface area contributed by atoms with E-state index >= 15 is 0 Å². The van der Waals surface area contributed by atoms with Crippen LogP contribution in [0.4, 0.5) is 4.79 Å². The molecule has 0 fully saturated rings. The molecule has 2 aromatic carbocycles. The van der Waals surface area contributed by atoms with E-state index in [1.807, 2.05) is 48.5 Å². The summed E-state index contributed by atoms with van der Waals surface area (Å²) in [5.41, 5.74) is 2.27. The highest BCUT2D eigenvalue weighted by atomic mass is 35.5. The lowest BCUT2D eigenvalue weighted by atomic mass is 9.94. The number of carbonyl (C=O) groups excluding carboxylic acids is 1. The summed E-state index contributed by atoms with van der Waals surface area (Å²) in [7, 11) is 0. The Morgan fingerprint density at radius 2 is 1.75 bits per heavy atom. The third-order valence-corrected chi connectivity index (χ3v) is 4.50. The number of ether oxygens (including phenoxy) is 1. The van der Waals surface area contributed by atoms with Gasteiger partial charge in [-0.05, 0) is 62.9 Å². The average Bonchev–Trinajstić information content (AvgIpc) is 2.59. The van der Waals surface area contributed by atoms with Crippen molar-refractivity contribution in [3.05, 3.63) is 59.1 Å². The van der Waals surface area contributed by atoms with Gasteiger partial charge in [0, 0.05) is 11.1 Å². The molecule has 28 heavy (non-hydrogen) atoms. The minimum atomic E-state index is -0.975. The molecule has 6 heteroatoms. The number of rotatable bonds is 6. The molecule has 1 unspecified atom stereocenters. The van der Waals surface area contributed by atoms with Gasteiger partial charge >= 0.3 is 12.1 Å².